The standard InChI is InChI=1S/C17H29NS/c1-4-14-7-8-15(12-18-11-13(2)3)16(10-14)17-6-5-9-19-17/h5-6,9,13-16,18H,4,7-8,10-12H2,1-3H3. The molecule has 1 N–H and O–H groups in total. The van der Waals surface area contributed by atoms with Gasteiger partial charge >= 0.3 is 0 Å². The minimum absolute atomic E-state index is 0.757. The molecule has 0 saturated heterocycles. The van der Waals surface area contributed by atoms with E-state index in [-0.39, 0.29) is 0 Å². The smallest absolute Gasteiger partial charge is 0.00795 e. The Kier molecular flexibility index (Phi) is 5.90. The van der Waals surface area contributed by atoms with Crippen molar-refractivity contribution in [2.45, 2.75) is 52.4 Å². The molecule has 0 amide bonds. The van der Waals surface area contributed by atoms with Crippen molar-refractivity contribution in [3.05, 3.63) is 22.4 Å². The van der Waals surface area contributed by atoms with Gasteiger partial charge in [0.15, 0.2) is 0 Å². The third-order valence-electron chi connectivity index (χ3n) is 4.55. The molecule has 2 rings (SSSR count). The van der Waals surface area contributed by atoms with Crippen LogP contribution in [0.25, 0.3) is 0 Å². The molecule has 1 aromatic rings. The maximum absolute atomic E-state index is 3.68. The van der Waals surface area contributed by atoms with Crippen LogP contribution >= 0.6 is 11.3 Å². The van der Waals surface area contributed by atoms with E-state index in [0.29, 0.717) is 0 Å². The van der Waals surface area contributed by atoms with Gasteiger partial charge in [-0.2, -0.15) is 0 Å². The highest BCUT2D eigenvalue weighted by Crippen LogP contribution is 2.42. The molecule has 1 nitrogen and oxygen atoms in total. The largest absolute Gasteiger partial charge is 0.316 e. The third-order valence-corrected chi connectivity index (χ3v) is 5.55. The topological polar surface area (TPSA) is 12.0 Å². The average molecular weight is 279 g/mol. The lowest BCUT2D eigenvalue weighted by Gasteiger charge is -2.36. The average Bonchev–Trinajstić information content (AvgIpc) is 2.92. The number of rotatable bonds is 6. The predicted molar refractivity (Wildman–Crippen MR) is 85.9 cm³/mol. The molecular formula is C17H29NS. The van der Waals surface area contributed by atoms with Crippen molar-refractivity contribution in [2.24, 2.45) is 17.8 Å². The van der Waals surface area contributed by atoms with Crippen molar-refractivity contribution in [1.82, 2.24) is 5.32 Å². The van der Waals surface area contributed by atoms with Crippen molar-refractivity contribution < 1.29 is 0 Å². The summed E-state index contributed by atoms with van der Waals surface area (Å²) in [4.78, 5) is 1.62. The van der Waals surface area contributed by atoms with Gasteiger partial charge in [0.25, 0.3) is 0 Å². The van der Waals surface area contributed by atoms with E-state index < -0.39 is 0 Å². The maximum Gasteiger partial charge on any atom is 0.00795 e. The summed E-state index contributed by atoms with van der Waals surface area (Å²) in [6.45, 7) is 9.30. The van der Waals surface area contributed by atoms with Gasteiger partial charge in [-0.15, -0.1) is 11.3 Å². The molecule has 1 heterocycles. The van der Waals surface area contributed by atoms with Crippen LogP contribution in [-0.4, -0.2) is 13.1 Å². The van der Waals surface area contributed by atoms with Crippen molar-refractivity contribution in [3.8, 4) is 0 Å². The Morgan fingerprint density at radius 3 is 2.84 bits per heavy atom. The van der Waals surface area contributed by atoms with Gasteiger partial charge in [0.05, 0.1) is 0 Å². The van der Waals surface area contributed by atoms with E-state index in [1.54, 1.807) is 4.88 Å². The van der Waals surface area contributed by atoms with Crippen LogP contribution in [0.2, 0.25) is 0 Å². The Balaban J connectivity index is 1.95. The second-order valence-corrected chi connectivity index (χ2v) is 7.50. The monoisotopic (exact) mass is 279 g/mol. The summed E-state index contributed by atoms with van der Waals surface area (Å²) in [7, 11) is 0. The second kappa shape index (κ2) is 7.44. The lowest BCUT2D eigenvalue weighted by Crippen LogP contribution is -2.33. The summed E-state index contributed by atoms with van der Waals surface area (Å²) in [6, 6.07) is 4.57. The van der Waals surface area contributed by atoms with Crippen LogP contribution in [0.1, 0.15) is 57.2 Å². The van der Waals surface area contributed by atoms with Gasteiger partial charge < -0.3 is 5.32 Å². The number of thiophene rings is 1. The van der Waals surface area contributed by atoms with Crippen LogP contribution in [0.3, 0.4) is 0 Å². The number of nitrogens with one attached hydrogen (secondary N) is 1. The first-order valence-corrected chi connectivity index (χ1v) is 8.82. The van der Waals surface area contributed by atoms with Crippen molar-refractivity contribution in [3.63, 3.8) is 0 Å². The summed E-state index contributed by atoms with van der Waals surface area (Å²) < 4.78 is 0. The molecule has 0 aliphatic heterocycles. The molecule has 1 fully saturated rings. The zero-order valence-corrected chi connectivity index (χ0v) is 13.5. The molecule has 1 aliphatic rings. The summed E-state index contributed by atoms with van der Waals surface area (Å²) in [5.74, 6) is 3.36. The van der Waals surface area contributed by atoms with Crippen molar-refractivity contribution in [1.29, 1.82) is 0 Å². The Bertz CT molecular complexity index is 344. The molecule has 0 bridgehead atoms. The van der Waals surface area contributed by atoms with Crippen LogP contribution in [0.5, 0.6) is 0 Å². The van der Waals surface area contributed by atoms with Crippen LogP contribution in [0, 0.1) is 17.8 Å². The first kappa shape index (κ1) is 15.1. The van der Waals surface area contributed by atoms with Gasteiger partial charge in [-0.3, -0.25) is 0 Å². The van der Waals surface area contributed by atoms with E-state index in [0.717, 1.165) is 30.2 Å². The summed E-state index contributed by atoms with van der Waals surface area (Å²) in [5.41, 5.74) is 0. The van der Waals surface area contributed by atoms with E-state index in [9.17, 15) is 0 Å². The van der Waals surface area contributed by atoms with E-state index >= 15 is 0 Å². The minimum Gasteiger partial charge on any atom is -0.316 e. The lowest BCUT2D eigenvalue weighted by atomic mass is 9.72. The van der Waals surface area contributed by atoms with Gasteiger partial charge in [0, 0.05) is 4.88 Å². The normalized spacial score (nSPS) is 27.9. The number of hydrogen-bond acceptors (Lipinski definition) is 2. The zero-order chi connectivity index (χ0) is 13.7. The molecule has 0 spiro atoms. The van der Waals surface area contributed by atoms with Gasteiger partial charge in [-0.05, 0) is 61.0 Å². The fourth-order valence-electron chi connectivity index (χ4n) is 3.34. The highest BCUT2D eigenvalue weighted by Gasteiger charge is 2.31. The van der Waals surface area contributed by atoms with Gasteiger partial charge in [0.2, 0.25) is 0 Å². The summed E-state index contributed by atoms with van der Waals surface area (Å²) >= 11 is 1.96. The minimum atomic E-state index is 0.757. The van der Waals surface area contributed by atoms with Gasteiger partial charge in [-0.1, -0.05) is 39.7 Å². The molecule has 1 aliphatic carbocycles. The molecule has 0 radical (unpaired) electrons. The maximum atomic E-state index is 3.68. The molecule has 1 saturated carbocycles. The highest BCUT2D eigenvalue weighted by atomic mass is 32.1. The molecule has 19 heavy (non-hydrogen) atoms. The van der Waals surface area contributed by atoms with Crippen LogP contribution in [0.4, 0.5) is 0 Å². The van der Waals surface area contributed by atoms with Gasteiger partial charge in [-0.25, -0.2) is 0 Å². The van der Waals surface area contributed by atoms with Crippen molar-refractivity contribution in [2.75, 3.05) is 13.1 Å². The second-order valence-electron chi connectivity index (χ2n) is 6.52. The first-order chi connectivity index (χ1) is 9.20. The highest BCUT2D eigenvalue weighted by molar-refractivity contribution is 7.10. The van der Waals surface area contributed by atoms with E-state index in [1.165, 1.54) is 32.2 Å². The fraction of sp³-hybridized carbons (Fsp3) is 0.765. The molecular weight excluding hydrogens is 250 g/mol. The Hall–Kier alpha value is -0.340. The van der Waals surface area contributed by atoms with Crippen LogP contribution in [-0.2, 0) is 0 Å². The molecule has 2 heteroatoms. The van der Waals surface area contributed by atoms with Crippen molar-refractivity contribution >= 4 is 11.3 Å². The summed E-state index contributed by atoms with van der Waals surface area (Å²) in [5, 5.41) is 5.92. The molecule has 0 aromatic carbocycles. The third kappa shape index (κ3) is 4.32. The Morgan fingerprint density at radius 2 is 2.21 bits per heavy atom. The Morgan fingerprint density at radius 1 is 1.37 bits per heavy atom. The summed E-state index contributed by atoms with van der Waals surface area (Å²) in [6.07, 6.45) is 5.61. The van der Waals surface area contributed by atoms with Gasteiger partial charge in [0.1, 0.15) is 0 Å². The van der Waals surface area contributed by atoms with Crippen LogP contribution < -0.4 is 5.32 Å². The van der Waals surface area contributed by atoms with Crippen LogP contribution in [0.15, 0.2) is 17.5 Å². The predicted octanol–water partition coefficient (Wildman–Crippen LogP) is 4.90. The van der Waals surface area contributed by atoms with E-state index in [1.807, 2.05) is 11.3 Å². The quantitative estimate of drug-likeness (QED) is 0.780. The van der Waals surface area contributed by atoms with E-state index in [4.69, 9.17) is 0 Å². The molecule has 1 aromatic heterocycles. The molecule has 3 unspecified atom stereocenters. The first-order valence-electron chi connectivity index (χ1n) is 7.94. The SMILES string of the molecule is CCC1CCC(CNCC(C)C)C(c2cccs2)C1. The van der Waals surface area contributed by atoms with E-state index in [2.05, 4.69) is 43.6 Å². The zero-order valence-electron chi connectivity index (χ0n) is 12.7. The molecule has 3 atom stereocenters. The fourth-order valence-corrected chi connectivity index (χ4v) is 4.28. The Labute approximate surface area is 122 Å². The molecule has 108 valence electrons. The number of hydrogen-bond donors (Lipinski definition) is 1. The lowest BCUT2D eigenvalue weighted by molar-refractivity contribution is 0.226.